The molecular weight excluding hydrogens is 111 g/mol. The molecule has 0 spiro atoms. The van der Waals surface area contributed by atoms with Crippen LogP contribution in [0, 0.1) is 0 Å². The van der Waals surface area contributed by atoms with E-state index in [1.807, 2.05) is 20.0 Å². The number of nitrogens with zero attached hydrogens (tertiary/aromatic N) is 1. The molecule has 0 saturated carbocycles. The molecule has 1 aromatic heterocycles. The smallest absolute Gasteiger partial charge is 0.139 e. The van der Waals surface area contributed by atoms with Crippen molar-refractivity contribution in [1.29, 1.82) is 0 Å². The van der Waals surface area contributed by atoms with Gasteiger partial charge in [-0.3, -0.25) is 4.98 Å². The lowest BCUT2D eigenvalue weighted by molar-refractivity contribution is 0.994. The van der Waals surface area contributed by atoms with Crippen molar-refractivity contribution in [2.45, 2.75) is 6.54 Å². The quantitative estimate of drug-likeness (QED) is 0.472. The molecule has 0 unspecified atom stereocenters. The Labute approximate surface area is 55.5 Å². The lowest BCUT2D eigenvalue weighted by atomic mass is 9.97. The van der Waals surface area contributed by atoms with E-state index in [4.69, 9.17) is 5.73 Å². The van der Waals surface area contributed by atoms with Gasteiger partial charge in [0.15, 0.2) is 0 Å². The van der Waals surface area contributed by atoms with E-state index in [1.54, 1.807) is 6.20 Å². The molecule has 3 heteroatoms. The number of hydrogen-bond donors (Lipinski definition) is 1. The van der Waals surface area contributed by atoms with E-state index in [2.05, 4.69) is 4.98 Å². The summed E-state index contributed by atoms with van der Waals surface area (Å²) in [5, 5.41) is 0. The van der Waals surface area contributed by atoms with Crippen molar-refractivity contribution in [3.8, 4) is 0 Å². The molecule has 2 nitrogen and oxygen atoms in total. The Morgan fingerprint density at radius 2 is 2.44 bits per heavy atom. The topological polar surface area (TPSA) is 38.9 Å². The normalized spacial score (nSPS) is 9.44. The van der Waals surface area contributed by atoms with E-state index >= 15 is 0 Å². The average molecular weight is 120 g/mol. The maximum Gasteiger partial charge on any atom is 0.139 e. The molecule has 0 bridgehead atoms. The molecule has 0 atom stereocenters. The highest BCUT2D eigenvalue weighted by Gasteiger charge is 1.87. The first-order chi connectivity index (χ1) is 4.33. The first kappa shape index (κ1) is 6.30. The molecule has 1 aromatic rings. The van der Waals surface area contributed by atoms with E-state index in [0.29, 0.717) is 6.54 Å². The highest BCUT2D eigenvalue weighted by atomic mass is 14.7. The van der Waals surface area contributed by atoms with Crippen molar-refractivity contribution < 1.29 is 0 Å². The van der Waals surface area contributed by atoms with Gasteiger partial charge in [0.2, 0.25) is 0 Å². The second-order valence-corrected chi connectivity index (χ2v) is 2.03. The monoisotopic (exact) mass is 120 g/mol. The second-order valence-electron chi connectivity index (χ2n) is 2.03. The van der Waals surface area contributed by atoms with E-state index in [-0.39, 0.29) is 0 Å². The van der Waals surface area contributed by atoms with Crippen molar-refractivity contribution in [2.24, 2.45) is 5.73 Å². The van der Waals surface area contributed by atoms with Gasteiger partial charge < -0.3 is 5.73 Å². The van der Waals surface area contributed by atoms with Crippen LogP contribution >= 0.6 is 0 Å². The minimum Gasteiger partial charge on any atom is -0.325 e. The molecule has 1 heterocycles. The zero-order valence-electron chi connectivity index (χ0n) is 5.46. The van der Waals surface area contributed by atoms with Gasteiger partial charge in [-0.2, -0.15) is 0 Å². The second kappa shape index (κ2) is 2.64. The van der Waals surface area contributed by atoms with E-state index in [1.165, 1.54) is 5.46 Å². The van der Waals surface area contributed by atoms with Crippen LogP contribution in [0.5, 0.6) is 0 Å². The first-order valence-electron chi connectivity index (χ1n) is 2.94. The number of pyridine rings is 1. The molecule has 0 amide bonds. The van der Waals surface area contributed by atoms with Gasteiger partial charge in [-0.25, -0.2) is 0 Å². The summed E-state index contributed by atoms with van der Waals surface area (Å²) in [5.41, 5.74) is 7.52. The predicted octanol–water partition coefficient (Wildman–Crippen LogP) is -1.20. The highest BCUT2D eigenvalue weighted by molar-refractivity contribution is 6.32. The fourth-order valence-corrected chi connectivity index (χ4v) is 0.710. The SMILES string of the molecule is Bc1ccnc(CN)c1. The molecule has 2 N–H and O–H groups in total. The van der Waals surface area contributed by atoms with Crippen LogP contribution in [0.1, 0.15) is 5.69 Å². The summed E-state index contributed by atoms with van der Waals surface area (Å²) in [6.45, 7) is 0.529. The fourth-order valence-electron chi connectivity index (χ4n) is 0.710. The number of nitrogens with two attached hydrogens (primary N) is 1. The van der Waals surface area contributed by atoms with E-state index in [0.717, 1.165) is 5.69 Å². The number of aromatic nitrogens is 1. The number of hydrogen-bond acceptors (Lipinski definition) is 2. The average Bonchev–Trinajstić information content (AvgIpc) is 1.88. The highest BCUT2D eigenvalue weighted by Crippen LogP contribution is 1.85. The van der Waals surface area contributed by atoms with Gasteiger partial charge in [0.1, 0.15) is 7.85 Å². The molecular formula is C6H9BN2. The van der Waals surface area contributed by atoms with E-state index in [9.17, 15) is 0 Å². The third-order valence-corrected chi connectivity index (χ3v) is 1.18. The molecule has 0 aliphatic heterocycles. The summed E-state index contributed by atoms with van der Waals surface area (Å²) < 4.78 is 0. The summed E-state index contributed by atoms with van der Waals surface area (Å²) in [7, 11) is 2.03. The lowest BCUT2D eigenvalue weighted by Gasteiger charge is -1.94. The molecule has 0 aliphatic carbocycles. The molecule has 1 rings (SSSR count). The van der Waals surface area contributed by atoms with Crippen LogP contribution < -0.4 is 11.2 Å². The van der Waals surface area contributed by atoms with Crippen molar-refractivity contribution in [3.63, 3.8) is 0 Å². The van der Waals surface area contributed by atoms with Gasteiger partial charge in [-0.1, -0.05) is 11.5 Å². The Bertz CT molecular complexity index is 200. The molecule has 46 valence electrons. The number of rotatable bonds is 1. The van der Waals surface area contributed by atoms with E-state index < -0.39 is 0 Å². The van der Waals surface area contributed by atoms with Crippen LogP contribution in [0.25, 0.3) is 0 Å². The Kier molecular flexibility index (Phi) is 1.85. The largest absolute Gasteiger partial charge is 0.325 e. The minimum atomic E-state index is 0.529. The van der Waals surface area contributed by atoms with Crippen LogP contribution in [0.3, 0.4) is 0 Å². The van der Waals surface area contributed by atoms with Gasteiger partial charge in [0.05, 0.1) is 5.69 Å². The summed E-state index contributed by atoms with van der Waals surface area (Å²) >= 11 is 0. The summed E-state index contributed by atoms with van der Waals surface area (Å²) in [6, 6.07) is 3.94. The van der Waals surface area contributed by atoms with Crippen LogP contribution in [0.15, 0.2) is 18.3 Å². The van der Waals surface area contributed by atoms with Gasteiger partial charge in [0, 0.05) is 12.7 Å². The minimum absolute atomic E-state index is 0.529. The lowest BCUT2D eigenvalue weighted by Crippen LogP contribution is -2.07. The molecule has 9 heavy (non-hydrogen) atoms. The zero-order chi connectivity index (χ0) is 6.69. The standard InChI is InChI=1S/C6H9BN2/c7-5-1-2-9-6(3-5)4-8/h1-3H,4,7-8H2. The van der Waals surface area contributed by atoms with Gasteiger partial charge in [-0.15, -0.1) is 0 Å². The summed E-state index contributed by atoms with van der Waals surface area (Å²) in [6.07, 6.45) is 1.78. The predicted molar refractivity (Wildman–Crippen MR) is 40.3 cm³/mol. The third-order valence-electron chi connectivity index (χ3n) is 1.18. The third kappa shape index (κ3) is 1.54. The zero-order valence-corrected chi connectivity index (χ0v) is 5.46. The maximum absolute atomic E-state index is 5.36. The first-order valence-corrected chi connectivity index (χ1v) is 2.94. The van der Waals surface area contributed by atoms with Crippen molar-refractivity contribution in [2.75, 3.05) is 0 Å². The fraction of sp³-hybridized carbons (Fsp3) is 0.167. The van der Waals surface area contributed by atoms with Crippen LogP contribution in [-0.2, 0) is 6.54 Å². The molecule has 0 fully saturated rings. The van der Waals surface area contributed by atoms with Crippen molar-refractivity contribution in [1.82, 2.24) is 4.98 Å². The molecule has 0 saturated heterocycles. The van der Waals surface area contributed by atoms with Crippen LogP contribution in [0.4, 0.5) is 0 Å². The van der Waals surface area contributed by atoms with Gasteiger partial charge in [0.25, 0.3) is 0 Å². The van der Waals surface area contributed by atoms with Crippen LogP contribution in [0.2, 0.25) is 0 Å². The van der Waals surface area contributed by atoms with Crippen molar-refractivity contribution in [3.05, 3.63) is 24.0 Å². The Morgan fingerprint density at radius 3 is 2.89 bits per heavy atom. The summed E-state index contributed by atoms with van der Waals surface area (Å²) in [4.78, 5) is 4.03. The molecule has 0 radical (unpaired) electrons. The summed E-state index contributed by atoms with van der Waals surface area (Å²) in [5.74, 6) is 0. The van der Waals surface area contributed by atoms with Gasteiger partial charge >= 0.3 is 0 Å². The maximum atomic E-state index is 5.36. The van der Waals surface area contributed by atoms with Gasteiger partial charge in [-0.05, 0) is 6.07 Å². The van der Waals surface area contributed by atoms with Crippen molar-refractivity contribution >= 4 is 13.3 Å². The Hall–Kier alpha value is -0.825. The Morgan fingerprint density at radius 1 is 1.67 bits per heavy atom. The molecule has 0 aliphatic rings. The Balaban J connectivity index is 2.94. The van der Waals surface area contributed by atoms with Crippen LogP contribution in [-0.4, -0.2) is 12.8 Å². The molecule has 0 aromatic carbocycles.